The summed E-state index contributed by atoms with van der Waals surface area (Å²) in [6, 6.07) is 15.3. The molecule has 0 saturated heterocycles. The molecule has 5 aromatic rings. The lowest BCUT2D eigenvalue weighted by atomic mass is 10.2. The number of nitrogens with one attached hydrogen (secondary N) is 1. The minimum Gasteiger partial charge on any atom is -0.419 e. The van der Waals surface area contributed by atoms with Crippen molar-refractivity contribution in [1.29, 1.82) is 0 Å². The monoisotopic (exact) mass is 461 g/mol. The van der Waals surface area contributed by atoms with Crippen LogP contribution in [0.4, 0.5) is 5.69 Å². The minimum absolute atomic E-state index is 0.0254. The molecule has 1 atom stereocenters. The SMILES string of the molecule is CC(Sc1nc2c(cnn2-c2ccccc2)c(=O)[nH]1)c1nnc(-c2ccc([N+](=O)[O-])cc2)o1. The molecule has 3 aromatic heterocycles. The number of non-ortho nitro benzene ring substituents is 1. The van der Waals surface area contributed by atoms with Gasteiger partial charge in [0.05, 0.1) is 22.1 Å². The molecular weight excluding hydrogens is 446 g/mol. The fourth-order valence-corrected chi connectivity index (χ4v) is 3.99. The van der Waals surface area contributed by atoms with Gasteiger partial charge in [-0.1, -0.05) is 30.0 Å². The lowest BCUT2D eigenvalue weighted by molar-refractivity contribution is -0.384. The number of hydrogen-bond donors (Lipinski definition) is 1. The van der Waals surface area contributed by atoms with Crippen LogP contribution in [0.5, 0.6) is 0 Å². The Bertz CT molecular complexity index is 1510. The van der Waals surface area contributed by atoms with Crippen molar-refractivity contribution in [3.8, 4) is 17.1 Å². The smallest absolute Gasteiger partial charge is 0.269 e. The van der Waals surface area contributed by atoms with E-state index in [1.54, 1.807) is 16.8 Å². The second kappa shape index (κ2) is 8.31. The first-order valence-corrected chi connectivity index (χ1v) is 10.7. The number of rotatable bonds is 6. The summed E-state index contributed by atoms with van der Waals surface area (Å²) < 4.78 is 7.36. The maximum absolute atomic E-state index is 12.6. The molecule has 5 rings (SSSR count). The van der Waals surface area contributed by atoms with Crippen LogP contribution >= 0.6 is 11.8 Å². The standard InChI is InChI=1S/C21H15N7O4S/c1-12(19-25-26-20(32-19)13-7-9-15(10-8-13)28(30)31)33-21-23-17-16(18(29)24-21)11-22-27(17)14-5-3-2-4-6-14/h2-12H,1H3,(H,23,24,29). The number of nitro benzene ring substituents is 1. The maximum Gasteiger partial charge on any atom is 0.269 e. The van der Waals surface area contributed by atoms with Gasteiger partial charge in [-0.3, -0.25) is 14.9 Å². The van der Waals surface area contributed by atoms with Gasteiger partial charge in [0, 0.05) is 17.7 Å². The molecule has 164 valence electrons. The number of para-hydroxylation sites is 1. The normalized spacial score (nSPS) is 12.2. The second-order valence-corrected chi connectivity index (χ2v) is 8.34. The molecule has 12 heteroatoms. The molecule has 0 bridgehead atoms. The fourth-order valence-electron chi connectivity index (χ4n) is 3.17. The number of H-pyrrole nitrogens is 1. The molecular formula is C21H15N7O4S. The third-order valence-corrected chi connectivity index (χ3v) is 5.79. The zero-order valence-electron chi connectivity index (χ0n) is 17.1. The molecule has 11 nitrogen and oxygen atoms in total. The zero-order valence-corrected chi connectivity index (χ0v) is 17.9. The summed E-state index contributed by atoms with van der Waals surface area (Å²) in [7, 11) is 0. The highest BCUT2D eigenvalue weighted by Crippen LogP contribution is 2.33. The van der Waals surface area contributed by atoms with Crippen LogP contribution in [-0.4, -0.2) is 34.9 Å². The Labute approximate surface area is 189 Å². The highest BCUT2D eigenvalue weighted by Gasteiger charge is 2.19. The molecule has 1 N–H and O–H groups in total. The first-order chi connectivity index (χ1) is 16.0. The molecule has 0 spiro atoms. The highest BCUT2D eigenvalue weighted by molar-refractivity contribution is 7.99. The summed E-state index contributed by atoms with van der Waals surface area (Å²) in [5.41, 5.74) is 1.48. The van der Waals surface area contributed by atoms with Crippen molar-refractivity contribution in [3.63, 3.8) is 0 Å². The van der Waals surface area contributed by atoms with E-state index in [1.807, 2.05) is 37.3 Å². The van der Waals surface area contributed by atoms with Crippen LogP contribution in [0, 0.1) is 10.1 Å². The molecule has 2 aromatic carbocycles. The van der Waals surface area contributed by atoms with Crippen LogP contribution in [0.2, 0.25) is 0 Å². The number of benzene rings is 2. The first-order valence-electron chi connectivity index (χ1n) is 9.78. The van der Waals surface area contributed by atoms with Gasteiger partial charge in [0.15, 0.2) is 10.8 Å². The van der Waals surface area contributed by atoms with Crippen molar-refractivity contribution >= 4 is 28.5 Å². The van der Waals surface area contributed by atoms with Crippen LogP contribution < -0.4 is 5.56 Å². The number of aromatic amines is 1. The van der Waals surface area contributed by atoms with E-state index in [4.69, 9.17) is 4.42 Å². The summed E-state index contributed by atoms with van der Waals surface area (Å²) >= 11 is 1.25. The molecule has 1 unspecified atom stereocenters. The van der Waals surface area contributed by atoms with E-state index < -0.39 is 4.92 Å². The second-order valence-electron chi connectivity index (χ2n) is 7.01. The van der Waals surface area contributed by atoms with E-state index in [0.717, 1.165) is 5.69 Å². The van der Waals surface area contributed by atoms with Crippen LogP contribution in [0.1, 0.15) is 18.1 Å². The zero-order chi connectivity index (χ0) is 22.9. The first kappa shape index (κ1) is 20.6. The van der Waals surface area contributed by atoms with Crippen molar-refractivity contribution in [2.24, 2.45) is 0 Å². The summed E-state index contributed by atoms with van der Waals surface area (Å²) in [6.45, 7) is 1.84. The molecule has 0 fully saturated rings. The van der Waals surface area contributed by atoms with Gasteiger partial charge >= 0.3 is 0 Å². The van der Waals surface area contributed by atoms with Crippen molar-refractivity contribution in [3.05, 3.63) is 87.2 Å². The number of thioether (sulfide) groups is 1. The molecule has 0 saturated carbocycles. The number of hydrogen-bond acceptors (Lipinski definition) is 9. The van der Waals surface area contributed by atoms with Crippen LogP contribution in [0.3, 0.4) is 0 Å². The summed E-state index contributed by atoms with van der Waals surface area (Å²) in [5.74, 6) is 0.569. The van der Waals surface area contributed by atoms with Crippen molar-refractivity contribution in [1.82, 2.24) is 29.9 Å². The molecule has 3 heterocycles. The van der Waals surface area contributed by atoms with Crippen molar-refractivity contribution in [2.45, 2.75) is 17.3 Å². The van der Waals surface area contributed by atoms with Gasteiger partial charge < -0.3 is 9.40 Å². The third-order valence-electron chi connectivity index (χ3n) is 4.82. The molecule has 0 radical (unpaired) electrons. The Morgan fingerprint density at radius 3 is 2.61 bits per heavy atom. The Morgan fingerprint density at radius 1 is 1.12 bits per heavy atom. The Kier molecular flexibility index (Phi) is 5.18. The number of fused-ring (bicyclic) bond motifs is 1. The molecule has 33 heavy (non-hydrogen) atoms. The van der Waals surface area contributed by atoms with Gasteiger partial charge in [-0.15, -0.1) is 10.2 Å². The predicted octanol–water partition coefficient (Wildman–Crippen LogP) is 3.92. The summed E-state index contributed by atoms with van der Waals surface area (Å²) in [4.78, 5) is 30.3. The Hall–Kier alpha value is -4.32. The third kappa shape index (κ3) is 3.99. The van der Waals surface area contributed by atoms with Crippen LogP contribution in [-0.2, 0) is 0 Å². The molecule has 0 amide bonds. The summed E-state index contributed by atoms with van der Waals surface area (Å²) in [6.07, 6.45) is 1.49. The molecule has 0 aliphatic heterocycles. The van der Waals surface area contributed by atoms with E-state index in [2.05, 4.69) is 25.3 Å². The quantitative estimate of drug-likeness (QED) is 0.172. The van der Waals surface area contributed by atoms with Gasteiger partial charge in [0.25, 0.3) is 11.2 Å². The summed E-state index contributed by atoms with van der Waals surface area (Å²) in [5, 5.41) is 23.7. The van der Waals surface area contributed by atoms with Crippen molar-refractivity contribution in [2.75, 3.05) is 0 Å². The average Bonchev–Trinajstić information content (AvgIpc) is 3.48. The van der Waals surface area contributed by atoms with Crippen LogP contribution in [0.15, 0.2) is 75.2 Å². The molecule has 0 aliphatic carbocycles. The van der Waals surface area contributed by atoms with Gasteiger partial charge in [-0.05, 0) is 31.2 Å². The van der Waals surface area contributed by atoms with E-state index in [1.165, 1.54) is 30.1 Å². The predicted molar refractivity (Wildman–Crippen MR) is 120 cm³/mol. The lowest BCUT2D eigenvalue weighted by Crippen LogP contribution is -2.10. The van der Waals surface area contributed by atoms with E-state index in [9.17, 15) is 14.9 Å². The average molecular weight is 461 g/mol. The Morgan fingerprint density at radius 2 is 1.88 bits per heavy atom. The van der Waals surface area contributed by atoms with E-state index >= 15 is 0 Å². The van der Waals surface area contributed by atoms with Crippen LogP contribution in [0.25, 0.3) is 28.2 Å². The van der Waals surface area contributed by atoms with Gasteiger partial charge in [-0.25, -0.2) is 9.67 Å². The minimum atomic E-state index is -0.476. The number of nitrogens with zero attached hydrogens (tertiary/aromatic N) is 6. The maximum atomic E-state index is 12.6. The van der Waals surface area contributed by atoms with Gasteiger partial charge in [-0.2, -0.15) is 5.10 Å². The lowest BCUT2D eigenvalue weighted by Gasteiger charge is -2.07. The van der Waals surface area contributed by atoms with Crippen molar-refractivity contribution < 1.29 is 9.34 Å². The highest BCUT2D eigenvalue weighted by atomic mass is 32.2. The largest absolute Gasteiger partial charge is 0.419 e. The molecule has 0 aliphatic rings. The topological polar surface area (TPSA) is 146 Å². The number of nitro groups is 1. The number of aromatic nitrogens is 6. The van der Waals surface area contributed by atoms with Gasteiger partial charge in [0.2, 0.25) is 11.8 Å². The van der Waals surface area contributed by atoms with E-state index in [0.29, 0.717) is 27.6 Å². The Balaban J connectivity index is 1.41. The van der Waals surface area contributed by atoms with Gasteiger partial charge in [0.1, 0.15) is 5.39 Å². The fraction of sp³-hybridized carbons (Fsp3) is 0.0952. The van der Waals surface area contributed by atoms with E-state index in [-0.39, 0.29) is 22.4 Å².